The molecule has 1 fully saturated rings. The monoisotopic (exact) mass is 393 g/mol. The Morgan fingerprint density at radius 3 is 2.29 bits per heavy atom. The van der Waals surface area contributed by atoms with E-state index in [-0.39, 0.29) is 30.6 Å². The second kappa shape index (κ2) is 6.83. The van der Waals surface area contributed by atoms with Gasteiger partial charge >= 0.3 is 0 Å². The minimum absolute atomic E-state index is 0.211. The van der Waals surface area contributed by atoms with Crippen LogP contribution in [0.5, 0.6) is 0 Å². The molecule has 1 saturated heterocycles. The van der Waals surface area contributed by atoms with Crippen LogP contribution in [0.2, 0.25) is 0 Å². The van der Waals surface area contributed by atoms with E-state index < -0.39 is 0 Å². The van der Waals surface area contributed by atoms with Crippen molar-refractivity contribution < 1.29 is 14.4 Å². The smallest absolute Gasteiger partial charge is 0.279 e. The number of carbonyl (C=O) groups is 3. The summed E-state index contributed by atoms with van der Waals surface area (Å²) in [5, 5.41) is 0. The summed E-state index contributed by atoms with van der Waals surface area (Å²) in [7, 11) is 1.91. The molecule has 142 valence electrons. The highest BCUT2D eigenvalue weighted by molar-refractivity contribution is 7.16. The molecule has 0 spiro atoms. The average Bonchev–Trinajstić information content (AvgIpc) is 3.18. The van der Waals surface area contributed by atoms with E-state index in [1.54, 1.807) is 24.3 Å². The highest BCUT2D eigenvalue weighted by Crippen LogP contribution is 2.24. The van der Waals surface area contributed by atoms with E-state index in [9.17, 15) is 14.4 Å². The molecule has 0 atom stereocenters. The summed E-state index contributed by atoms with van der Waals surface area (Å²) < 4.78 is 3.02. The molecule has 0 N–H and O–H groups in total. The Hall–Kier alpha value is -3.06. The van der Waals surface area contributed by atoms with Crippen LogP contribution in [0, 0.1) is 13.8 Å². The van der Waals surface area contributed by atoms with Gasteiger partial charge in [0.1, 0.15) is 0 Å². The van der Waals surface area contributed by atoms with Crippen molar-refractivity contribution in [1.82, 2.24) is 4.57 Å². The minimum atomic E-state index is -0.359. The molecule has 0 unspecified atom stereocenters. The van der Waals surface area contributed by atoms with Gasteiger partial charge in [-0.1, -0.05) is 17.4 Å². The van der Waals surface area contributed by atoms with Crippen LogP contribution >= 0.6 is 11.3 Å². The van der Waals surface area contributed by atoms with Gasteiger partial charge in [-0.2, -0.15) is 4.99 Å². The van der Waals surface area contributed by atoms with E-state index in [4.69, 9.17) is 0 Å². The molecule has 2 heterocycles. The Morgan fingerprint density at radius 2 is 1.64 bits per heavy atom. The number of aryl methyl sites for hydroxylation is 3. The maximum Gasteiger partial charge on any atom is 0.279 e. The Balaban J connectivity index is 1.68. The number of nitrogens with zero attached hydrogens (tertiary/aromatic N) is 3. The molecule has 2 aromatic carbocycles. The van der Waals surface area contributed by atoms with E-state index in [1.807, 2.05) is 17.7 Å². The second-order valence-electron chi connectivity index (χ2n) is 6.88. The van der Waals surface area contributed by atoms with Gasteiger partial charge < -0.3 is 4.57 Å². The summed E-state index contributed by atoms with van der Waals surface area (Å²) in [6.45, 7) is 4.13. The maximum absolute atomic E-state index is 12.6. The van der Waals surface area contributed by atoms with Crippen molar-refractivity contribution in [3.05, 3.63) is 57.9 Å². The molecule has 7 heteroatoms. The Labute approximate surface area is 165 Å². The summed E-state index contributed by atoms with van der Waals surface area (Å²) >= 11 is 1.47. The molecule has 0 aliphatic carbocycles. The first-order valence-electron chi connectivity index (χ1n) is 8.97. The molecule has 6 nitrogen and oxygen atoms in total. The molecular weight excluding hydrogens is 374 g/mol. The molecule has 4 rings (SSSR count). The molecule has 3 aromatic rings. The molecule has 1 aliphatic heterocycles. The topological polar surface area (TPSA) is 71.7 Å². The summed E-state index contributed by atoms with van der Waals surface area (Å²) in [6.07, 6.45) is 0.465. The molecule has 28 heavy (non-hydrogen) atoms. The molecule has 0 saturated carbocycles. The van der Waals surface area contributed by atoms with Crippen molar-refractivity contribution in [2.45, 2.75) is 26.7 Å². The number of carbonyl (C=O) groups excluding carboxylic acids is 3. The van der Waals surface area contributed by atoms with Crippen LogP contribution in [0.4, 0.5) is 5.69 Å². The van der Waals surface area contributed by atoms with Crippen LogP contribution in [-0.2, 0) is 16.6 Å². The van der Waals surface area contributed by atoms with Gasteiger partial charge in [0.15, 0.2) is 4.80 Å². The first-order valence-corrected chi connectivity index (χ1v) is 9.79. The van der Waals surface area contributed by atoms with Gasteiger partial charge in [0.05, 0.1) is 15.9 Å². The molecular formula is C21H19N3O3S. The zero-order chi connectivity index (χ0) is 20.0. The molecule has 1 aliphatic rings. The van der Waals surface area contributed by atoms with E-state index >= 15 is 0 Å². The molecule has 0 bridgehead atoms. The highest BCUT2D eigenvalue weighted by Gasteiger charge is 2.30. The Morgan fingerprint density at radius 1 is 1.00 bits per heavy atom. The van der Waals surface area contributed by atoms with Crippen LogP contribution in [0.1, 0.15) is 34.3 Å². The average molecular weight is 393 g/mol. The van der Waals surface area contributed by atoms with Crippen molar-refractivity contribution in [1.29, 1.82) is 0 Å². The standard InChI is InChI=1S/C21H19N3O3S/c1-12-4-9-16-19(13(12)2)23(3)21(28-16)22-20(27)14-5-7-15(8-6-14)24-17(25)10-11-18(24)26/h4-9H,10-11H2,1-3H3. The lowest BCUT2D eigenvalue weighted by Gasteiger charge is -2.13. The highest BCUT2D eigenvalue weighted by atomic mass is 32.1. The van der Waals surface area contributed by atoms with Crippen LogP contribution in [0.15, 0.2) is 41.4 Å². The number of anilines is 1. The lowest BCUT2D eigenvalue weighted by Crippen LogP contribution is -2.28. The van der Waals surface area contributed by atoms with Gasteiger partial charge in [0.2, 0.25) is 11.8 Å². The fourth-order valence-corrected chi connectivity index (χ4v) is 4.48. The first kappa shape index (κ1) is 18.3. The lowest BCUT2D eigenvalue weighted by atomic mass is 10.1. The number of thiazole rings is 1. The number of amides is 3. The normalized spacial score (nSPS) is 15.1. The third kappa shape index (κ3) is 2.97. The molecule has 3 amide bonds. The van der Waals surface area contributed by atoms with Gasteiger partial charge in [0.25, 0.3) is 5.91 Å². The third-order valence-electron chi connectivity index (χ3n) is 5.11. The molecule has 1 aromatic heterocycles. The predicted octanol–water partition coefficient (Wildman–Crippen LogP) is 3.25. The van der Waals surface area contributed by atoms with E-state index in [1.165, 1.54) is 27.4 Å². The quantitative estimate of drug-likeness (QED) is 0.628. The van der Waals surface area contributed by atoms with Gasteiger partial charge in [-0.15, -0.1) is 0 Å². The number of benzene rings is 2. The van der Waals surface area contributed by atoms with Gasteiger partial charge in [0, 0.05) is 25.5 Å². The minimum Gasteiger partial charge on any atom is -0.319 e. The number of rotatable bonds is 2. The number of hydrogen-bond donors (Lipinski definition) is 0. The van der Waals surface area contributed by atoms with Crippen molar-refractivity contribution >= 4 is 45.0 Å². The third-order valence-corrected chi connectivity index (χ3v) is 6.21. The van der Waals surface area contributed by atoms with Gasteiger partial charge in [-0.25, -0.2) is 0 Å². The van der Waals surface area contributed by atoms with Crippen LogP contribution < -0.4 is 9.70 Å². The van der Waals surface area contributed by atoms with Crippen LogP contribution in [0.25, 0.3) is 10.2 Å². The van der Waals surface area contributed by atoms with Crippen molar-refractivity contribution in [2.75, 3.05) is 4.90 Å². The van der Waals surface area contributed by atoms with Gasteiger partial charge in [-0.3, -0.25) is 19.3 Å². The number of hydrogen-bond acceptors (Lipinski definition) is 4. The Bertz CT molecular complexity index is 1190. The zero-order valence-corrected chi connectivity index (χ0v) is 16.7. The van der Waals surface area contributed by atoms with E-state index in [2.05, 4.69) is 24.9 Å². The fraction of sp³-hybridized carbons (Fsp3) is 0.238. The molecule has 0 radical (unpaired) electrons. The SMILES string of the molecule is Cc1ccc2sc(=NC(=O)c3ccc(N4C(=O)CCC4=O)cc3)n(C)c2c1C. The number of aromatic nitrogens is 1. The van der Waals surface area contributed by atoms with Crippen molar-refractivity contribution in [3.63, 3.8) is 0 Å². The summed E-state index contributed by atoms with van der Waals surface area (Å²) in [5.41, 5.74) is 4.35. The van der Waals surface area contributed by atoms with Gasteiger partial charge in [-0.05, 0) is 55.3 Å². The summed E-state index contributed by atoms with van der Waals surface area (Å²) in [4.78, 5) is 42.4. The second-order valence-corrected chi connectivity index (χ2v) is 7.89. The van der Waals surface area contributed by atoms with Crippen LogP contribution in [-0.4, -0.2) is 22.3 Å². The summed E-state index contributed by atoms with van der Waals surface area (Å²) in [6, 6.07) is 10.5. The van der Waals surface area contributed by atoms with Crippen LogP contribution in [0.3, 0.4) is 0 Å². The van der Waals surface area contributed by atoms with E-state index in [0.29, 0.717) is 16.1 Å². The number of fused-ring (bicyclic) bond motifs is 1. The fourth-order valence-electron chi connectivity index (χ4n) is 3.40. The first-order chi connectivity index (χ1) is 13.4. The largest absolute Gasteiger partial charge is 0.319 e. The van der Waals surface area contributed by atoms with E-state index in [0.717, 1.165) is 10.2 Å². The predicted molar refractivity (Wildman–Crippen MR) is 108 cm³/mol. The van der Waals surface area contributed by atoms with Crippen molar-refractivity contribution in [3.8, 4) is 0 Å². The lowest BCUT2D eigenvalue weighted by molar-refractivity contribution is -0.121. The Kier molecular flexibility index (Phi) is 4.47. The number of imide groups is 1. The summed E-state index contributed by atoms with van der Waals surface area (Å²) in [5.74, 6) is -0.782. The zero-order valence-electron chi connectivity index (χ0n) is 15.9. The maximum atomic E-state index is 12.6. The van der Waals surface area contributed by atoms with Crippen molar-refractivity contribution in [2.24, 2.45) is 12.0 Å².